The summed E-state index contributed by atoms with van der Waals surface area (Å²) in [6.45, 7) is 0. The van der Waals surface area contributed by atoms with Gasteiger partial charge in [-0.1, -0.05) is 24.3 Å². The molecule has 0 aliphatic heterocycles. The van der Waals surface area contributed by atoms with Gasteiger partial charge in [-0.3, -0.25) is 0 Å². The van der Waals surface area contributed by atoms with Crippen molar-refractivity contribution in [3.05, 3.63) is 72.9 Å². The van der Waals surface area contributed by atoms with E-state index < -0.39 is 5.97 Å². The van der Waals surface area contributed by atoms with Crippen molar-refractivity contribution >= 4 is 23.2 Å². The summed E-state index contributed by atoms with van der Waals surface area (Å²) in [5.74, 6) is 1.32. The van der Waals surface area contributed by atoms with Crippen LogP contribution in [0.2, 0.25) is 0 Å². The number of carbonyl (C=O) groups excluding carboxylic acids is 1. The Bertz CT molecular complexity index is 977. The van der Waals surface area contributed by atoms with Gasteiger partial charge in [-0.05, 0) is 18.2 Å². The van der Waals surface area contributed by atoms with Crippen molar-refractivity contribution in [3.63, 3.8) is 0 Å². The number of para-hydroxylation sites is 1. The van der Waals surface area contributed by atoms with Gasteiger partial charge in [0.25, 0.3) is 0 Å². The third kappa shape index (κ3) is 4.61. The Labute approximate surface area is 161 Å². The first-order valence-electron chi connectivity index (χ1n) is 8.30. The number of anilines is 2. The first kappa shape index (κ1) is 18.8. The van der Waals surface area contributed by atoms with Gasteiger partial charge in [-0.15, -0.1) is 0 Å². The van der Waals surface area contributed by atoms with Crippen LogP contribution in [0.15, 0.2) is 67.3 Å². The van der Waals surface area contributed by atoms with E-state index in [9.17, 15) is 4.79 Å². The minimum atomic E-state index is -0.543. The van der Waals surface area contributed by atoms with Crippen LogP contribution >= 0.6 is 0 Å². The molecule has 0 atom stereocenters. The summed E-state index contributed by atoms with van der Waals surface area (Å²) >= 11 is 0. The fourth-order valence-electron chi connectivity index (χ4n) is 2.37. The Morgan fingerprint density at radius 2 is 1.82 bits per heavy atom. The van der Waals surface area contributed by atoms with E-state index in [0.29, 0.717) is 28.8 Å². The topological polar surface area (TPSA) is 95.5 Å². The average molecular weight is 378 g/mol. The molecule has 28 heavy (non-hydrogen) atoms. The number of hydrogen-bond acceptors (Lipinski definition) is 8. The number of nitrogens with zero attached hydrogens (tertiary/aromatic N) is 3. The molecule has 1 N–H and O–H groups in total. The molecule has 3 rings (SSSR count). The van der Waals surface area contributed by atoms with Gasteiger partial charge in [0.1, 0.15) is 29.3 Å². The number of ether oxygens (including phenoxy) is 3. The fourth-order valence-corrected chi connectivity index (χ4v) is 2.37. The lowest BCUT2D eigenvalue weighted by Gasteiger charge is -2.12. The average Bonchev–Trinajstić information content (AvgIpc) is 2.73. The molecule has 0 spiro atoms. The lowest BCUT2D eigenvalue weighted by Crippen LogP contribution is -2.06. The predicted molar refractivity (Wildman–Crippen MR) is 103 cm³/mol. The van der Waals surface area contributed by atoms with E-state index in [1.165, 1.54) is 26.8 Å². The highest BCUT2D eigenvalue weighted by atomic mass is 16.5. The van der Waals surface area contributed by atoms with E-state index in [-0.39, 0.29) is 5.57 Å². The molecule has 0 aliphatic rings. The molecule has 0 fully saturated rings. The minimum absolute atomic E-state index is 0.224. The van der Waals surface area contributed by atoms with Crippen LogP contribution in [0.25, 0.3) is 5.57 Å². The van der Waals surface area contributed by atoms with E-state index >= 15 is 0 Å². The second kappa shape index (κ2) is 9.13. The fraction of sp³-hybridized carbons (Fsp3) is 0.100. The summed E-state index contributed by atoms with van der Waals surface area (Å²) in [5.41, 5.74) is 0.732. The molecule has 2 heterocycles. The third-order valence-corrected chi connectivity index (χ3v) is 3.60. The summed E-state index contributed by atoms with van der Waals surface area (Å²) in [4.78, 5) is 24.6. The second-order valence-electron chi connectivity index (χ2n) is 5.44. The second-order valence-corrected chi connectivity index (χ2v) is 5.44. The maximum atomic E-state index is 12.1. The van der Waals surface area contributed by atoms with Crippen LogP contribution in [0.4, 0.5) is 11.6 Å². The Kier molecular flexibility index (Phi) is 6.14. The smallest absolute Gasteiger partial charge is 0.341 e. The SMILES string of the molecule is COC=C(C(=O)OC)c1ccccc1Oc1cc(Nc2ccccn2)ncn1. The van der Waals surface area contributed by atoms with Crippen LogP contribution in [-0.4, -0.2) is 35.1 Å². The number of nitrogens with one attached hydrogen (secondary N) is 1. The molecule has 0 saturated carbocycles. The number of hydrogen-bond donors (Lipinski definition) is 1. The molecule has 1 aromatic carbocycles. The lowest BCUT2D eigenvalue weighted by molar-refractivity contribution is -0.133. The van der Waals surface area contributed by atoms with Gasteiger partial charge in [0.2, 0.25) is 5.88 Å². The maximum absolute atomic E-state index is 12.1. The van der Waals surface area contributed by atoms with E-state index in [0.717, 1.165) is 0 Å². The maximum Gasteiger partial charge on any atom is 0.341 e. The molecule has 142 valence electrons. The normalized spacial score (nSPS) is 10.9. The van der Waals surface area contributed by atoms with Crippen LogP contribution in [0.3, 0.4) is 0 Å². The number of aromatic nitrogens is 3. The summed E-state index contributed by atoms with van der Waals surface area (Å²) in [6.07, 6.45) is 4.35. The Morgan fingerprint density at radius 1 is 1.00 bits per heavy atom. The van der Waals surface area contributed by atoms with E-state index in [4.69, 9.17) is 14.2 Å². The number of rotatable bonds is 7. The van der Waals surface area contributed by atoms with Crippen LogP contribution in [0, 0.1) is 0 Å². The number of carbonyl (C=O) groups is 1. The number of esters is 1. The highest BCUT2D eigenvalue weighted by Gasteiger charge is 2.18. The van der Waals surface area contributed by atoms with Gasteiger partial charge in [-0.25, -0.2) is 19.7 Å². The zero-order valence-corrected chi connectivity index (χ0v) is 15.3. The molecule has 2 aromatic heterocycles. The van der Waals surface area contributed by atoms with Gasteiger partial charge in [0, 0.05) is 17.8 Å². The van der Waals surface area contributed by atoms with Crippen LogP contribution in [0.1, 0.15) is 5.56 Å². The quantitative estimate of drug-likeness (QED) is 0.379. The van der Waals surface area contributed by atoms with Crippen molar-refractivity contribution in [1.29, 1.82) is 0 Å². The molecule has 3 aromatic rings. The van der Waals surface area contributed by atoms with Crippen molar-refractivity contribution in [2.45, 2.75) is 0 Å². The molecule has 0 radical (unpaired) electrons. The van der Waals surface area contributed by atoms with Gasteiger partial charge in [0.15, 0.2) is 0 Å². The lowest BCUT2D eigenvalue weighted by atomic mass is 10.1. The molecular formula is C20H18N4O4. The number of pyridine rings is 1. The molecular weight excluding hydrogens is 360 g/mol. The molecule has 8 nitrogen and oxygen atoms in total. The molecule has 0 unspecified atom stereocenters. The third-order valence-electron chi connectivity index (χ3n) is 3.60. The Balaban J connectivity index is 1.87. The van der Waals surface area contributed by atoms with Crippen LogP contribution in [-0.2, 0) is 14.3 Å². The number of benzene rings is 1. The Hall–Kier alpha value is -3.94. The van der Waals surface area contributed by atoms with Gasteiger partial charge < -0.3 is 19.5 Å². The molecule has 0 saturated heterocycles. The summed E-state index contributed by atoms with van der Waals surface area (Å²) in [7, 11) is 2.75. The van der Waals surface area contributed by atoms with Crippen LogP contribution < -0.4 is 10.1 Å². The van der Waals surface area contributed by atoms with Crippen molar-refractivity contribution < 1.29 is 19.0 Å². The Morgan fingerprint density at radius 3 is 2.57 bits per heavy atom. The molecule has 0 bridgehead atoms. The summed E-state index contributed by atoms with van der Waals surface area (Å²) in [5, 5.41) is 3.07. The molecule has 0 amide bonds. The van der Waals surface area contributed by atoms with E-state index in [2.05, 4.69) is 20.3 Å². The minimum Gasteiger partial charge on any atom is -0.503 e. The van der Waals surface area contributed by atoms with Gasteiger partial charge >= 0.3 is 5.97 Å². The monoisotopic (exact) mass is 378 g/mol. The standard InChI is InChI=1S/C20H18N4O4/c1-26-12-15(20(25)27-2)14-7-3-4-8-16(14)28-19-11-18(22-13-23-19)24-17-9-5-6-10-21-17/h3-13H,1-2H3,(H,21,22,23,24). The molecule has 0 aliphatic carbocycles. The predicted octanol–water partition coefficient (Wildman–Crippen LogP) is 3.57. The van der Waals surface area contributed by atoms with Gasteiger partial charge in [-0.2, -0.15) is 0 Å². The number of methoxy groups -OCH3 is 2. The van der Waals surface area contributed by atoms with Crippen molar-refractivity contribution in [3.8, 4) is 11.6 Å². The van der Waals surface area contributed by atoms with Crippen LogP contribution in [0.5, 0.6) is 11.6 Å². The van der Waals surface area contributed by atoms with Crippen molar-refractivity contribution in [1.82, 2.24) is 15.0 Å². The first-order valence-corrected chi connectivity index (χ1v) is 8.30. The van der Waals surface area contributed by atoms with Gasteiger partial charge in [0.05, 0.1) is 20.5 Å². The van der Waals surface area contributed by atoms with Crippen molar-refractivity contribution in [2.24, 2.45) is 0 Å². The first-order chi connectivity index (χ1) is 13.7. The van der Waals surface area contributed by atoms with Crippen molar-refractivity contribution in [2.75, 3.05) is 19.5 Å². The highest BCUT2D eigenvalue weighted by Crippen LogP contribution is 2.30. The van der Waals surface area contributed by atoms with E-state index in [1.54, 1.807) is 36.5 Å². The molecule has 8 heteroatoms. The zero-order valence-electron chi connectivity index (χ0n) is 15.3. The zero-order chi connectivity index (χ0) is 19.8. The van der Waals surface area contributed by atoms with E-state index in [1.807, 2.05) is 18.2 Å². The summed E-state index contributed by atoms with van der Waals surface area (Å²) in [6, 6.07) is 14.1. The summed E-state index contributed by atoms with van der Waals surface area (Å²) < 4.78 is 15.7. The largest absolute Gasteiger partial charge is 0.503 e. The highest BCUT2D eigenvalue weighted by molar-refractivity contribution is 6.17.